The molecule has 0 spiro atoms. The molecule has 0 fully saturated rings. The molecule has 140 valence electrons. The molecule has 0 aliphatic heterocycles. The van der Waals surface area contributed by atoms with Crippen molar-refractivity contribution in [2.24, 2.45) is 7.05 Å². The van der Waals surface area contributed by atoms with Crippen LogP contribution in [0.5, 0.6) is 5.75 Å². The first-order valence-corrected chi connectivity index (χ1v) is 8.71. The second kappa shape index (κ2) is 7.82. The largest absolute Gasteiger partial charge is 0.506 e. The van der Waals surface area contributed by atoms with Crippen LogP contribution in [0, 0.1) is 0 Å². The second-order valence-corrected chi connectivity index (χ2v) is 6.21. The van der Waals surface area contributed by atoms with Crippen molar-refractivity contribution in [2.75, 3.05) is 10.6 Å². The van der Waals surface area contributed by atoms with Gasteiger partial charge in [-0.05, 0) is 24.1 Å². The van der Waals surface area contributed by atoms with Crippen molar-refractivity contribution < 1.29 is 5.11 Å². The van der Waals surface area contributed by atoms with E-state index in [2.05, 4.69) is 15.7 Å². The van der Waals surface area contributed by atoms with Crippen LogP contribution in [0.15, 0.2) is 64.2 Å². The smallest absolute Gasteiger partial charge is 0.290 e. The molecule has 7 heteroatoms. The minimum atomic E-state index is -0.426. The fourth-order valence-electron chi connectivity index (χ4n) is 2.90. The van der Waals surface area contributed by atoms with E-state index in [4.69, 9.17) is 0 Å². The maximum atomic E-state index is 12.7. The highest BCUT2D eigenvalue weighted by Crippen LogP contribution is 2.29. The summed E-state index contributed by atoms with van der Waals surface area (Å²) < 4.78 is 1.11. The van der Waals surface area contributed by atoms with Crippen LogP contribution in [0.4, 0.5) is 17.1 Å². The lowest BCUT2D eigenvalue weighted by molar-refractivity contribution is 0.477. The fourth-order valence-corrected chi connectivity index (χ4v) is 2.90. The van der Waals surface area contributed by atoms with Gasteiger partial charge in [-0.25, -0.2) is 0 Å². The molecule has 7 nitrogen and oxygen atoms in total. The van der Waals surface area contributed by atoms with E-state index in [1.165, 1.54) is 13.1 Å². The standard InChI is InChI=1S/C20H22N4O3/c1-3-14(13-9-5-4-6-10-13)21-17-18(20(27)24(2)23-19(17)26)22-15-11-7-8-12-16(15)25/h4-12,14,21-22,25H,3H2,1-2H3,(H,23,26)/t14-/m1/s1. The van der Waals surface area contributed by atoms with E-state index in [1.54, 1.807) is 18.2 Å². The molecular formula is C20H22N4O3. The molecule has 0 unspecified atom stereocenters. The number of phenolic OH excluding ortho intramolecular Hbond substituents is 1. The van der Waals surface area contributed by atoms with Crippen molar-refractivity contribution in [1.29, 1.82) is 0 Å². The van der Waals surface area contributed by atoms with Crippen LogP contribution in [0.2, 0.25) is 0 Å². The van der Waals surface area contributed by atoms with Gasteiger partial charge >= 0.3 is 0 Å². The molecule has 0 bridgehead atoms. The highest BCUT2D eigenvalue weighted by molar-refractivity contribution is 5.75. The van der Waals surface area contributed by atoms with E-state index in [0.29, 0.717) is 12.1 Å². The van der Waals surface area contributed by atoms with Gasteiger partial charge in [-0.2, -0.15) is 0 Å². The predicted molar refractivity (Wildman–Crippen MR) is 107 cm³/mol. The number of H-pyrrole nitrogens is 1. The van der Waals surface area contributed by atoms with Gasteiger partial charge in [0.1, 0.15) is 17.1 Å². The van der Waals surface area contributed by atoms with Crippen LogP contribution in [0.1, 0.15) is 24.9 Å². The molecule has 4 N–H and O–H groups in total. The quantitative estimate of drug-likeness (QED) is 0.503. The normalized spacial score (nSPS) is 11.8. The predicted octanol–water partition coefficient (Wildman–Crippen LogP) is 3.09. The Morgan fingerprint density at radius 1 is 1.04 bits per heavy atom. The van der Waals surface area contributed by atoms with Gasteiger partial charge in [0, 0.05) is 7.05 Å². The first-order valence-electron chi connectivity index (χ1n) is 8.71. The van der Waals surface area contributed by atoms with Crippen molar-refractivity contribution in [3.8, 4) is 5.75 Å². The molecule has 0 radical (unpaired) electrons. The van der Waals surface area contributed by atoms with Gasteiger partial charge in [0.2, 0.25) is 0 Å². The highest BCUT2D eigenvalue weighted by Gasteiger charge is 2.19. The zero-order valence-electron chi connectivity index (χ0n) is 15.2. The molecule has 27 heavy (non-hydrogen) atoms. The third-order valence-electron chi connectivity index (χ3n) is 4.36. The Morgan fingerprint density at radius 2 is 1.70 bits per heavy atom. The second-order valence-electron chi connectivity index (χ2n) is 6.21. The number of anilines is 3. The van der Waals surface area contributed by atoms with Gasteiger partial charge in [-0.1, -0.05) is 49.4 Å². The third-order valence-corrected chi connectivity index (χ3v) is 4.36. The van der Waals surface area contributed by atoms with Gasteiger partial charge in [-0.3, -0.25) is 19.4 Å². The van der Waals surface area contributed by atoms with Crippen molar-refractivity contribution in [1.82, 2.24) is 9.78 Å². The van der Waals surface area contributed by atoms with Crippen molar-refractivity contribution in [2.45, 2.75) is 19.4 Å². The Morgan fingerprint density at radius 3 is 2.37 bits per heavy atom. The topological polar surface area (TPSA) is 99.1 Å². The van der Waals surface area contributed by atoms with Gasteiger partial charge in [0.25, 0.3) is 11.1 Å². The Labute approximate surface area is 156 Å². The number of hydrogen-bond donors (Lipinski definition) is 4. The van der Waals surface area contributed by atoms with Crippen LogP contribution in [-0.4, -0.2) is 14.9 Å². The molecule has 2 aromatic carbocycles. The molecule has 1 heterocycles. The molecule has 3 rings (SSSR count). The number of phenols is 1. The van der Waals surface area contributed by atoms with Gasteiger partial charge in [-0.15, -0.1) is 0 Å². The maximum Gasteiger partial charge on any atom is 0.290 e. The summed E-state index contributed by atoms with van der Waals surface area (Å²) in [6.07, 6.45) is 0.717. The minimum absolute atomic E-state index is 0.0131. The lowest BCUT2D eigenvalue weighted by Gasteiger charge is -2.21. The number of nitrogens with zero attached hydrogens (tertiary/aromatic N) is 1. The number of aromatic amines is 1. The van der Waals surface area contributed by atoms with Gasteiger partial charge in [0.15, 0.2) is 0 Å². The van der Waals surface area contributed by atoms with E-state index in [1.807, 2.05) is 37.3 Å². The first kappa shape index (κ1) is 18.3. The third kappa shape index (κ3) is 3.87. The molecule has 3 aromatic rings. The summed E-state index contributed by atoms with van der Waals surface area (Å²) in [7, 11) is 1.47. The van der Waals surface area contributed by atoms with Crippen molar-refractivity contribution in [3.05, 3.63) is 80.9 Å². The Hall–Kier alpha value is -3.48. The van der Waals surface area contributed by atoms with Crippen molar-refractivity contribution >= 4 is 17.1 Å². The number of rotatable bonds is 6. The molecule has 1 atom stereocenters. The summed E-state index contributed by atoms with van der Waals surface area (Å²) in [5.74, 6) is -0.0131. The van der Waals surface area contributed by atoms with E-state index >= 15 is 0 Å². The first-order chi connectivity index (χ1) is 13.0. The molecule has 0 saturated carbocycles. The van der Waals surface area contributed by atoms with Gasteiger partial charge < -0.3 is 15.7 Å². The maximum absolute atomic E-state index is 12.7. The van der Waals surface area contributed by atoms with Crippen LogP contribution in [0.25, 0.3) is 0 Å². The average Bonchev–Trinajstić information content (AvgIpc) is 2.68. The van der Waals surface area contributed by atoms with Crippen LogP contribution >= 0.6 is 0 Å². The molecule has 0 aliphatic carbocycles. The molecular weight excluding hydrogens is 344 g/mol. The number of para-hydroxylation sites is 2. The number of benzene rings is 2. The summed E-state index contributed by atoms with van der Waals surface area (Å²) in [6.45, 7) is 2.00. The van der Waals surface area contributed by atoms with E-state index in [-0.39, 0.29) is 23.2 Å². The molecule has 1 aromatic heterocycles. The minimum Gasteiger partial charge on any atom is -0.506 e. The lowest BCUT2D eigenvalue weighted by Crippen LogP contribution is -2.32. The summed E-state index contributed by atoms with van der Waals surface area (Å²) >= 11 is 0. The summed E-state index contributed by atoms with van der Waals surface area (Å²) in [5.41, 5.74) is 0.728. The van der Waals surface area contributed by atoms with E-state index in [9.17, 15) is 14.7 Å². The zero-order chi connectivity index (χ0) is 19.4. The Balaban J connectivity index is 2.07. The summed E-state index contributed by atoms with van der Waals surface area (Å²) in [4.78, 5) is 25.3. The van der Waals surface area contributed by atoms with Gasteiger partial charge in [0.05, 0.1) is 11.7 Å². The summed E-state index contributed by atoms with van der Waals surface area (Å²) in [6, 6.07) is 16.1. The molecule has 0 aliphatic rings. The zero-order valence-corrected chi connectivity index (χ0v) is 15.2. The summed E-state index contributed by atoms with van der Waals surface area (Å²) in [5, 5.41) is 18.6. The van der Waals surface area contributed by atoms with E-state index in [0.717, 1.165) is 10.2 Å². The molecule has 0 amide bonds. The Kier molecular flexibility index (Phi) is 5.30. The van der Waals surface area contributed by atoms with Crippen LogP contribution < -0.4 is 21.8 Å². The Bertz CT molecular complexity index is 1040. The van der Waals surface area contributed by atoms with Crippen LogP contribution in [0.3, 0.4) is 0 Å². The number of aromatic hydroxyl groups is 1. The number of hydrogen-bond acceptors (Lipinski definition) is 5. The SMILES string of the molecule is CC[C@@H](Nc1c(Nc2ccccc2O)c(=O)n(C)[nH]c1=O)c1ccccc1. The van der Waals surface area contributed by atoms with Crippen LogP contribution in [-0.2, 0) is 7.05 Å². The van der Waals surface area contributed by atoms with Crippen molar-refractivity contribution in [3.63, 3.8) is 0 Å². The number of aryl methyl sites for hydroxylation is 1. The fraction of sp³-hybridized carbons (Fsp3) is 0.200. The molecule has 0 saturated heterocycles. The average molecular weight is 366 g/mol. The highest BCUT2D eigenvalue weighted by atomic mass is 16.3. The number of aromatic nitrogens is 2. The lowest BCUT2D eigenvalue weighted by atomic mass is 10.0. The number of nitrogens with one attached hydrogen (secondary N) is 3. The van der Waals surface area contributed by atoms with E-state index < -0.39 is 11.1 Å². The monoisotopic (exact) mass is 366 g/mol.